The van der Waals surface area contributed by atoms with Crippen molar-refractivity contribution in [3.05, 3.63) is 0 Å². The van der Waals surface area contributed by atoms with E-state index in [1.165, 1.54) is 0 Å². The quantitative estimate of drug-likeness (QED) is 0.361. The summed E-state index contributed by atoms with van der Waals surface area (Å²) in [6.45, 7) is 2.14. The molecule has 0 aromatic rings. The summed E-state index contributed by atoms with van der Waals surface area (Å²) in [6, 6.07) is -1.49. The molecule has 0 unspecified atom stereocenters. The minimum absolute atomic E-state index is 0.310. The Labute approximate surface area is 88.3 Å². The van der Waals surface area contributed by atoms with Crippen LogP contribution in [0.5, 0.6) is 0 Å². The highest BCUT2D eigenvalue weighted by atomic mass is 16.3. The van der Waals surface area contributed by atoms with Gasteiger partial charge < -0.3 is 20.6 Å². The number of aliphatic hydroxyl groups excluding tert-OH is 3. The highest BCUT2D eigenvalue weighted by molar-refractivity contribution is 5.83. The van der Waals surface area contributed by atoms with Crippen LogP contribution in [0.1, 0.15) is 13.3 Å². The van der Waals surface area contributed by atoms with Crippen LogP contribution in [0, 0.1) is 0 Å². The zero-order chi connectivity index (χ0) is 11.4. The summed E-state index contributed by atoms with van der Waals surface area (Å²) in [5.41, 5.74) is 0. The Balaban J connectivity index is 2.52. The molecule has 15 heavy (non-hydrogen) atoms. The molecule has 5 N–H and O–H groups in total. The Morgan fingerprint density at radius 2 is 2.07 bits per heavy atom. The molecule has 0 aromatic heterocycles. The van der Waals surface area contributed by atoms with E-state index in [2.05, 4.69) is 10.6 Å². The molecule has 0 bridgehead atoms. The number of amides is 1. The number of hydrogen-bond donors (Lipinski definition) is 5. The van der Waals surface area contributed by atoms with Crippen LogP contribution >= 0.6 is 0 Å². The van der Waals surface area contributed by atoms with Crippen molar-refractivity contribution in [3.8, 4) is 0 Å². The molecular weight excluding hydrogens is 200 g/mol. The summed E-state index contributed by atoms with van der Waals surface area (Å²) in [5.74, 6) is -0.348. The average Bonchev–Trinajstić information content (AvgIpc) is 2.52. The summed E-state index contributed by atoms with van der Waals surface area (Å²) >= 11 is 0. The molecule has 4 atom stereocenters. The van der Waals surface area contributed by atoms with Gasteiger partial charge in [-0.25, -0.2) is 0 Å². The molecule has 6 nitrogen and oxygen atoms in total. The first-order chi connectivity index (χ1) is 7.11. The second kappa shape index (κ2) is 5.41. The zero-order valence-corrected chi connectivity index (χ0v) is 8.68. The van der Waals surface area contributed by atoms with Crippen LogP contribution in [-0.4, -0.2) is 58.7 Å². The number of carbonyl (C=O) groups excluding carboxylic acids is 1. The molecule has 6 heteroatoms. The normalized spacial score (nSPS) is 35.5. The summed E-state index contributed by atoms with van der Waals surface area (Å²) in [4.78, 5) is 11.5. The third-order valence-corrected chi connectivity index (χ3v) is 2.53. The smallest absolute Gasteiger partial charge is 0.239 e. The van der Waals surface area contributed by atoms with Gasteiger partial charge in [-0.05, 0) is 6.42 Å². The van der Waals surface area contributed by atoms with Crippen molar-refractivity contribution in [3.63, 3.8) is 0 Å². The number of nitrogens with one attached hydrogen (secondary N) is 2. The standard InChI is InChI=1S/C9H18N2O4/c1-2-3-10-9(15)6-8(14)7(13)5(4-12)11-6/h5-8,11-14H,2-4H2,1H3,(H,10,15)/t5-,6+,7-,8+/m1/s1. The van der Waals surface area contributed by atoms with E-state index in [4.69, 9.17) is 5.11 Å². The van der Waals surface area contributed by atoms with Crippen LogP contribution in [0.3, 0.4) is 0 Å². The maximum absolute atomic E-state index is 11.5. The number of aliphatic hydroxyl groups is 3. The maximum Gasteiger partial charge on any atom is 0.239 e. The molecule has 0 aromatic carbocycles. The summed E-state index contributed by atoms with van der Waals surface area (Å²) in [5, 5.41) is 33.2. The lowest BCUT2D eigenvalue weighted by Gasteiger charge is -2.15. The van der Waals surface area contributed by atoms with Crippen LogP contribution < -0.4 is 10.6 Å². The minimum atomic E-state index is -1.17. The molecule has 1 amide bonds. The molecule has 1 aliphatic heterocycles. The van der Waals surface area contributed by atoms with Crippen molar-refractivity contribution in [1.29, 1.82) is 0 Å². The van der Waals surface area contributed by atoms with Crippen molar-refractivity contribution in [2.45, 2.75) is 37.6 Å². The van der Waals surface area contributed by atoms with E-state index in [0.717, 1.165) is 6.42 Å². The van der Waals surface area contributed by atoms with Gasteiger partial charge in [-0.15, -0.1) is 0 Å². The summed E-state index contributed by atoms with van der Waals surface area (Å²) in [7, 11) is 0. The Hall–Kier alpha value is -0.690. The van der Waals surface area contributed by atoms with Crippen LogP contribution in [0.2, 0.25) is 0 Å². The predicted molar refractivity (Wildman–Crippen MR) is 53.1 cm³/mol. The fourth-order valence-corrected chi connectivity index (χ4v) is 1.61. The van der Waals surface area contributed by atoms with Crippen molar-refractivity contribution in [2.75, 3.05) is 13.2 Å². The molecule has 0 spiro atoms. The van der Waals surface area contributed by atoms with Crippen molar-refractivity contribution in [1.82, 2.24) is 10.6 Å². The molecule has 1 fully saturated rings. The topological polar surface area (TPSA) is 102 Å². The van der Waals surface area contributed by atoms with Gasteiger partial charge in [-0.2, -0.15) is 0 Å². The maximum atomic E-state index is 11.5. The first kappa shape index (κ1) is 12.4. The van der Waals surface area contributed by atoms with Crippen molar-refractivity contribution < 1.29 is 20.1 Å². The third-order valence-electron chi connectivity index (χ3n) is 2.53. The van der Waals surface area contributed by atoms with Gasteiger partial charge in [-0.3, -0.25) is 10.1 Å². The molecule has 1 rings (SSSR count). The van der Waals surface area contributed by atoms with Gasteiger partial charge in [0.1, 0.15) is 12.1 Å². The van der Waals surface area contributed by atoms with E-state index in [0.29, 0.717) is 6.54 Å². The van der Waals surface area contributed by atoms with E-state index < -0.39 is 24.3 Å². The van der Waals surface area contributed by atoms with Gasteiger partial charge in [0.05, 0.1) is 18.8 Å². The van der Waals surface area contributed by atoms with Crippen molar-refractivity contribution in [2.24, 2.45) is 0 Å². The van der Waals surface area contributed by atoms with Gasteiger partial charge in [0.15, 0.2) is 0 Å². The first-order valence-corrected chi connectivity index (χ1v) is 5.12. The average molecular weight is 218 g/mol. The second-order valence-electron chi connectivity index (χ2n) is 3.71. The van der Waals surface area contributed by atoms with Crippen LogP contribution in [-0.2, 0) is 4.79 Å². The number of rotatable bonds is 4. The summed E-state index contributed by atoms with van der Waals surface area (Å²) < 4.78 is 0. The molecule has 88 valence electrons. The molecule has 0 radical (unpaired) electrons. The first-order valence-electron chi connectivity index (χ1n) is 5.12. The highest BCUT2D eigenvalue weighted by Crippen LogP contribution is 2.14. The van der Waals surface area contributed by atoms with Crippen LogP contribution in [0.4, 0.5) is 0 Å². The molecular formula is C9H18N2O4. The zero-order valence-electron chi connectivity index (χ0n) is 8.68. The molecule has 1 saturated heterocycles. The summed E-state index contributed by atoms with van der Waals surface area (Å²) in [6.07, 6.45) is -1.47. The monoisotopic (exact) mass is 218 g/mol. The SMILES string of the molecule is CCCNC(=O)[C@H]1N[C@H](CO)[C@@H](O)[C@H]1O. The van der Waals surface area contributed by atoms with Gasteiger partial charge in [0.25, 0.3) is 0 Å². The van der Waals surface area contributed by atoms with Crippen molar-refractivity contribution >= 4 is 5.91 Å². The Bertz CT molecular complexity index is 224. The molecule has 1 aliphatic rings. The fraction of sp³-hybridized carbons (Fsp3) is 0.889. The lowest BCUT2D eigenvalue weighted by molar-refractivity contribution is -0.125. The van der Waals surface area contributed by atoms with E-state index in [-0.39, 0.29) is 12.5 Å². The van der Waals surface area contributed by atoms with E-state index >= 15 is 0 Å². The predicted octanol–water partition coefficient (Wildman–Crippen LogP) is -2.43. The van der Waals surface area contributed by atoms with Crippen LogP contribution in [0.15, 0.2) is 0 Å². The second-order valence-corrected chi connectivity index (χ2v) is 3.71. The Morgan fingerprint density at radius 1 is 1.40 bits per heavy atom. The lowest BCUT2D eigenvalue weighted by Crippen LogP contribution is -2.47. The Morgan fingerprint density at radius 3 is 2.53 bits per heavy atom. The number of hydrogen-bond acceptors (Lipinski definition) is 5. The highest BCUT2D eigenvalue weighted by Gasteiger charge is 2.43. The molecule has 0 aliphatic carbocycles. The fourth-order valence-electron chi connectivity index (χ4n) is 1.61. The van der Waals surface area contributed by atoms with Gasteiger partial charge in [-0.1, -0.05) is 6.92 Å². The van der Waals surface area contributed by atoms with Gasteiger partial charge >= 0.3 is 0 Å². The van der Waals surface area contributed by atoms with Crippen LogP contribution in [0.25, 0.3) is 0 Å². The largest absolute Gasteiger partial charge is 0.395 e. The molecule has 1 heterocycles. The van der Waals surface area contributed by atoms with E-state index in [1.807, 2.05) is 6.92 Å². The third kappa shape index (κ3) is 2.66. The molecule has 0 saturated carbocycles. The minimum Gasteiger partial charge on any atom is -0.395 e. The Kier molecular flexibility index (Phi) is 4.46. The van der Waals surface area contributed by atoms with Gasteiger partial charge in [0, 0.05) is 6.54 Å². The van der Waals surface area contributed by atoms with E-state index in [1.54, 1.807) is 0 Å². The number of carbonyl (C=O) groups is 1. The lowest BCUT2D eigenvalue weighted by atomic mass is 10.1. The van der Waals surface area contributed by atoms with E-state index in [9.17, 15) is 15.0 Å². The van der Waals surface area contributed by atoms with Gasteiger partial charge in [0.2, 0.25) is 5.91 Å².